The van der Waals surface area contributed by atoms with E-state index in [4.69, 9.17) is 5.14 Å². The molecule has 3 aromatic rings. The lowest BCUT2D eigenvalue weighted by Crippen LogP contribution is -2.17. The van der Waals surface area contributed by atoms with Crippen LogP contribution in [0.5, 0.6) is 0 Å². The summed E-state index contributed by atoms with van der Waals surface area (Å²) < 4.78 is 23.0. The number of carbonyl (C=O) groups excluding carboxylic acids is 1. The van der Waals surface area contributed by atoms with Crippen LogP contribution in [0, 0.1) is 20.8 Å². The Bertz CT molecular complexity index is 1140. The average molecular weight is 385 g/mol. The molecule has 1 amide bonds. The van der Waals surface area contributed by atoms with Crippen molar-refractivity contribution in [3.8, 4) is 11.4 Å². The maximum Gasteiger partial charge on any atom is 0.258 e. The van der Waals surface area contributed by atoms with Gasteiger partial charge in [0, 0.05) is 11.1 Å². The van der Waals surface area contributed by atoms with Gasteiger partial charge in [-0.2, -0.15) is 4.98 Å². The number of benzene rings is 2. The van der Waals surface area contributed by atoms with Gasteiger partial charge in [-0.3, -0.25) is 15.2 Å². The van der Waals surface area contributed by atoms with E-state index in [9.17, 15) is 13.2 Å². The standard InChI is InChI=1S/C18H19N5O3S/c1-10-4-7-14(12(3)8-10)16-20-18(23-22-16)21-17(24)15-9-13(27(19,25)26)6-5-11(15)2/h4-9H,1-3H3,(H2,19,25,26)(H2,20,21,22,23,24). The molecule has 0 saturated carbocycles. The SMILES string of the molecule is Cc1ccc(-c2nc(NC(=O)c3cc(S(N)(=O)=O)ccc3C)n[nH]2)c(C)c1. The van der Waals surface area contributed by atoms with Crippen molar-refractivity contribution in [1.82, 2.24) is 15.2 Å². The highest BCUT2D eigenvalue weighted by Crippen LogP contribution is 2.22. The van der Waals surface area contributed by atoms with Crippen LogP contribution in [0.2, 0.25) is 0 Å². The fourth-order valence-corrected chi connectivity index (χ4v) is 3.25. The van der Waals surface area contributed by atoms with E-state index in [1.54, 1.807) is 6.92 Å². The molecule has 1 heterocycles. The summed E-state index contributed by atoms with van der Waals surface area (Å²) in [4.78, 5) is 16.7. The van der Waals surface area contributed by atoms with E-state index in [1.807, 2.05) is 32.0 Å². The molecule has 1 aromatic heterocycles. The summed E-state index contributed by atoms with van der Waals surface area (Å²) in [6, 6.07) is 10.0. The summed E-state index contributed by atoms with van der Waals surface area (Å²) in [6.07, 6.45) is 0. The summed E-state index contributed by atoms with van der Waals surface area (Å²) in [5.74, 6) is 0.0948. The number of nitrogens with two attached hydrogens (primary N) is 1. The molecule has 4 N–H and O–H groups in total. The third-order valence-corrected chi connectivity index (χ3v) is 5.04. The Balaban J connectivity index is 1.87. The van der Waals surface area contributed by atoms with Crippen molar-refractivity contribution in [3.05, 3.63) is 58.7 Å². The first-order valence-electron chi connectivity index (χ1n) is 8.10. The molecule has 0 fully saturated rings. The molecule has 0 aliphatic carbocycles. The second kappa shape index (κ2) is 6.93. The quantitative estimate of drug-likeness (QED) is 0.634. The number of hydrogen-bond donors (Lipinski definition) is 3. The van der Waals surface area contributed by atoms with Crippen molar-refractivity contribution in [1.29, 1.82) is 0 Å². The minimum atomic E-state index is -3.91. The molecule has 3 rings (SSSR count). The minimum Gasteiger partial charge on any atom is -0.289 e. The monoisotopic (exact) mass is 385 g/mol. The number of hydrogen-bond acceptors (Lipinski definition) is 5. The maximum absolute atomic E-state index is 12.5. The lowest BCUT2D eigenvalue weighted by atomic mass is 10.1. The Morgan fingerprint density at radius 3 is 2.48 bits per heavy atom. The van der Waals surface area contributed by atoms with E-state index in [2.05, 4.69) is 20.5 Å². The number of amides is 1. The molecule has 2 aromatic carbocycles. The smallest absolute Gasteiger partial charge is 0.258 e. The minimum absolute atomic E-state index is 0.0929. The zero-order valence-corrected chi connectivity index (χ0v) is 15.9. The van der Waals surface area contributed by atoms with Crippen molar-refractivity contribution in [3.63, 3.8) is 0 Å². The zero-order valence-electron chi connectivity index (χ0n) is 15.1. The fourth-order valence-electron chi connectivity index (χ4n) is 2.71. The summed E-state index contributed by atoms with van der Waals surface area (Å²) in [5.41, 5.74) is 3.82. The van der Waals surface area contributed by atoms with Crippen LogP contribution in [0.3, 0.4) is 0 Å². The third kappa shape index (κ3) is 4.04. The number of primary sulfonamides is 1. The molecule has 27 heavy (non-hydrogen) atoms. The number of nitrogens with one attached hydrogen (secondary N) is 2. The highest BCUT2D eigenvalue weighted by Gasteiger charge is 2.17. The molecule has 0 radical (unpaired) electrons. The number of aryl methyl sites for hydroxylation is 3. The first kappa shape index (κ1) is 18.7. The highest BCUT2D eigenvalue weighted by atomic mass is 32.2. The number of nitrogens with zero attached hydrogens (tertiary/aromatic N) is 2. The molecule has 0 spiro atoms. The fraction of sp³-hybridized carbons (Fsp3) is 0.167. The second-order valence-electron chi connectivity index (χ2n) is 6.30. The van der Waals surface area contributed by atoms with Crippen LogP contribution in [0.1, 0.15) is 27.0 Å². The van der Waals surface area contributed by atoms with Gasteiger partial charge in [0.1, 0.15) is 0 Å². The largest absolute Gasteiger partial charge is 0.289 e. The number of carbonyl (C=O) groups is 1. The van der Waals surface area contributed by atoms with E-state index < -0.39 is 15.9 Å². The van der Waals surface area contributed by atoms with Gasteiger partial charge >= 0.3 is 0 Å². The van der Waals surface area contributed by atoms with E-state index in [0.717, 1.165) is 16.7 Å². The van der Waals surface area contributed by atoms with Crippen molar-refractivity contribution in [2.24, 2.45) is 5.14 Å². The Labute approximate surface area is 156 Å². The maximum atomic E-state index is 12.5. The number of rotatable bonds is 4. The Kier molecular flexibility index (Phi) is 4.81. The first-order chi connectivity index (χ1) is 12.6. The van der Waals surface area contributed by atoms with Gasteiger partial charge in [0.05, 0.1) is 4.90 Å². The van der Waals surface area contributed by atoms with Crippen LogP contribution in [0.25, 0.3) is 11.4 Å². The van der Waals surface area contributed by atoms with Crippen LogP contribution in [0.15, 0.2) is 41.3 Å². The predicted molar refractivity (Wildman–Crippen MR) is 102 cm³/mol. The highest BCUT2D eigenvalue weighted by molar-refractivity contribution is 7.89. The van der Waals surface area contributed by atoms with Crippen LogP contribution in [-0.4, -0.2) is 29.5 Å². The second-order valence-corrected chi connectivity index (χ2v) is 7.86. The van der Waals surface area contributed by atoms with Gasteiger partial charge in [0.25, 0.3) is 5.91 Å². The molecular weight excluding hydrogens is 366 g/mol. The van der Waals surface area contributed by atoms with Crippen LogP contribution < -0.4 is 10.5 Å². The van der Waals surface area contributed by atoms with Gasteiger partial charge < -0.3 is 0 Å². The van der Waals surface area contributed by atoms with Crippen molar-refractivity contribution in [2.45, 2.75) is 25.7 Å². The number of aromatic amines is 1. The summed E-state index contributed by atoms with van der Waals surface area (Å²) in [6.45, 7) is 5.66. The molecular formula is C18H19N5O3S. The third-order valence-electron chi connectivity index (χ3n) is 4.13. The molecule has 0 bridgehead atoms. The molecule has 0 saturated heterocycles. The molecule has 0 atom stereocenters. The average Bonchev–Trinajstić information content (AvgIpc) is 3.02. The summed E-state index contributed by atoms with van der Waals surface area (Å²) >= 11 is 0. The Morgan fingerprint density at radius 2 is 1.81 bits per heavy atom. The van der Waals surface area contributed by atoms with Gasteiger partial charge in [-0.25, -0.2) is 13.6 Å². The van der Waals surface area contributed by atoms with Crippen molar-refractivity contribution >= 4 is 21.9 Å². The predicted octanol–water partition coefficient (Wildman–Crippen LogP) is 2.30. The lowest BCUT2D eigenvalue weighted by Gasteiger charge is -2.07. The lowest BCUT2D eigenvalue weighted by molar-refractivity contribution is 0.102. The van der Waals surface area contributed by atoms with Gasteiger partial charge in [0.15, 0.2) is 5.82 Å². The van der Waals surface area contributed by atoms with Gasteiger partial charge in [-0.15, -0.1) is 5.10 Å². The van der Waals surface area contributed by atoms with Crippen LogP contribution in [-0.2, 0) is 10.0 Å². The number of H-pyrrole nitrogens is 1. The Morgan fingerprint density at radius 1 is 1.07 bits per heavy atom. The molecule has 0 unspecified atom stereocenters. The molecule has 0 aliphatic rings. The van der Waals surface area contributed by atoms with Crippen molar-refractivity contribution in [2.75, 3.05) is 5.32 Å². The van der Waals surface area contributed by atoms with E-state index in [1.165, 1.54) is 18.2 Å². The molecule has 140 valence electrons. The number of aromatic nitrogens is 3. The normalized spacial score (nSPS) is 11.4. The van der Waals surface area contributed by atoms with E-state index >= 15 is 0 Å². The summed E-state index contributed by atoms with van der Waals surface area (Å²) in [5, 5.41) is 14.5. The van der Waals surface area contributed by atoms with E-state index in [-0.39, 0.29) is 16.4 Å². The summed E-state index contributed by atoms with van der Waals surface area (Å²) in [7, 11) is -3.91. The van der Waals surface area contributed by atoms with E-state index in [0.29, 0.717) is 11.4 Å². The van der Waals surface area contributed by atoms with Gasteiger partial charge in [-0.05, 0) is 44.0 Å². The molecule has 8 nitrogen and oxygen atoms in total. The Hall–Kier alpha value is -3.04. The van der Waals surface area contributed by atoms with Gasteiger partial charge in [0.2, 0.25) is 16.0 Å². The van der Waals surface area contributed by atoms with Crippen LogP contribution >= 0.6 is 0 Å². The topological polar surface area (TPSA) is 131 Å². The number of sulfonamides is 1. The van der Waals surface area contributed by atoms with Gasteiger partial charge in [-0.1, -0.05) is 29.8 Å². The van der Waals surface area contributed by atoms with Crippen LogP contribution in [0.4, 0.5) is 5.95 Å². The molecule has 9 heteroatoms. The number of anilines is 1. The molecule has 0 aliphatic heterocycles. The van der Waals surface area contributed by atoms with Crippen molar-refractivity contribution < 1.29 is 13.2 Å². The first-order valence-corrected chi connectivity index (χ1v) is 9.64. The zero-order chi connectivity index (χ0) is 19.8.